The van der Waals surface area contributed by atoms with Crippen LogP contribution in [0.25, 0.3) is 0 Å². The van der Waals surface area contributed by atoms with Crippen LogP contribution in [0, 0.1) is 0 Å². The maximum Gasteiger partial charge on any atom is 0.143 e. The van der Waals surface area contributed by atoms with Crippen LogP contribution in [0.15, 0.2) is 78.9 Å². The van der Waals surface area contributed by atoms with Gasteiger partial charge in [-0.3, -0.25) is 0 Å². The summed E-state index contributed by atoms with van der Waals surface area (Å²) in [5, 5.41) is 0. The molecule has 0 bridgehead atoms. The quantitative estimate of drug-likeness (QED) is 0.110. The zero-order valence-corrected chi connectivity index (χ0v) is 24.1. The van der Waals surface area contributed by atoms with Crippen molar-refractivity contribution in [3.8, 4) is 11.5 Å². The van der Waals surface area contributed by atoms with Gasteiger partial charge in [-0.1, -0.05) is 60.9 Å². The maximum absolute atomic E-state index is 6.76. The summed E-state index contributed by atoms with van der Waals surface area (Å²) in [6, 6.07) is 26.2. The SMILES string of the molecule is BCCCOCCOCCOCCOCCOC(c1ccccc1)(c1ccc(OC)cc1)c1ccc(OC)cc1. The van der Waals surface area contributed by atoms with Gasteiger partial charge in [0, 0.05) is 6.61 Å². The summed E-state index contributed by atoms with van der Waals surface area (Å²) in [4.78, 5) is 0. The molecule has 0 aliphatic rings. The van der Waals surface area contributed by atoms with Crippen molar-refractivity contribution < 1.29 is 33.2 Å². The molecule has 3 aromatic carbocycles. The summed E-state index contributed by atoms with van der Waals surface area (Å²) in [6.45, 7) is 4.87. The van der Waals surface area contributed by atoms with Crippen molar-refractivity contribution in [1.82, 2.24) is 0 Å². The summed E-state index contributed by atoms with van der Waals surface area (Å²) in [7, 11) is 5.48. The first-order chi connectivity index (χ1) is 19.7. The number of ether oxygens (including phenoxy) is 7. The molecule has 0 saturated heterocycles. The van der Waals surface area contributed by atoms with Crippen LogP contribution in [0.5, 0.6) is 11.5 Å². The number of benzene rings is 3. The highest BCUT2D eigenvalue weighted by atomic mass is 16.6. The van der Waals surface area contributed by atoms with Crippen LogP contribution in [-0.2, 0) is 29.3 Å². The number of methoxy groups -OCH3 is 2. The molecule has 8 heteroatoms. The van der Waals surface area contributed by atoms with Crippen LogP contribution >= 0.6 is 0 Å². The van der Waals surface area contributed by atoms with Gasteiger partial charge in [0.15, 0.2) is 0 Å². The predicted octanol–water partition coefficient (Wildman–Crippen LogP) is 4.52. The fourth-order valence-corrected chi connectivity index (χ4v) is 4.34. The van der Waals surface area contributed by atoms with Crippen molar-refractivity contribution in [2.45, 2.75) is 18.3 Å². The summed E-state index contributed by atoms with van der Waals surface area (Å²) < 4.78 is 40.1. The van der Waals surface area contributed by atoms with Gasteiger partial charge in [-0.05, 0) is 47.4 Å². The third kappa shape index (κ3) is 9.64. The Morgan fingerprint density at radius 2 is 0.900 bits per heavy atom. The third-order valence-electron chi connectivity index (χ3n) is 6.48. The highest BCUT2D eigenvalue weighted by molar-refractivity contribution is 6.08. The van der Waals surface area contributed by atoms with E-state index in [9.17, 15) is 0 Å². The average molecular weight is 551 g/mol. The van der Waals surface area contributed by atoms with Crippen LogP contribution in [0.4, 0.5) is 0 Å². The molecule has 3 aromatic rings. The van der Waals surface area contributed by atoms with Crippen molar-refractivity contribution in [2.24, 2.45) is 0 Å². The standard InChI is InChI=1S/C32H43BO7/c1-34-30-13-9-28(10-14-30)32(27-7-4-3-5-8-27,29-11-15-31(35-2)16-12-29)40-26-25-39-24-23-38-22-21-37-20-19-36-18-6-17-33/h3-5,7-16H,6,17-26,33H2,1-2H3. The van der Waals surface area contributed by atoms with E-state index in [0.29, 0.717) is 52.9 Å². The van der Waals surface area contributed by atoms with Crippen molar-refractivity contribution >= 4 is 7.85 Å². The lowest BCUT2D eigenvalue weighted by Crippen LogP contribution is -2.34. The first-order valence-electron chi connectivity index (χ1n) is 14.0. The van der Waals surface area contributed by atoms with E-state index in [2.05, 4.69) is 20.0 Å². The monoisotopic (exact) mass is 550 g/mol. The number of hydrogen-bond acceptors (Lipinski definition) is 7. The van der Waals surface area contributed by atoms with E-state index in [4.69, 9.17) is 33.2 Å². The molecule has 0 saturated carbocycles. The van der Waals surface area contributed by atoms with Crippen molar-refractivity contribution in [3.63, 3.8) is 0 Å². The second-order valence-corrected chi connectivity index (χ2v) is 9.16. The van der Waals surface area contributed by atoms with Crippen LogP contribution in [-0.4, -0.2) is 81.5 Å². The second kappa shape index (κ2) is 18.5. The van der Waals surface area contributed by atoms with Crippen molar-refractivity contribution in [1.29, 1.82) is 0 Å². The van der Waals surface area contributed by atoms with E-state index in [1.54, 1.807) is 14.2 Å². The van der Waals surface area contributed by atoms with E-state index in [1.807, 2.05) is 66.7 Å². The summed E-state index contributed by atoms with van der Waals surface area (Å²) in [6.07, 6.45) is 2.23. The van der Waals surface area contributed by atoms with Crippen molar-refractivity contribution in [3.05, 3.63) is 95.6 Å². The Balaban J connectivity index is 1.56. The molecule has 0 aliphatic carbocycles. The fourth-order valence-electron chi connectivity index (χ4n) is 4.34. The minimum atomic E-state index is -0.850. The van der Waals surface area contributed by atoms with Gasteiger partial charge >= 0.3 is 0 Å². The molecule has 0 amide bonds. The third-order valence-corrected chi connectivity index (χ3v) is 6.48. The lowest BCUT2D eigenvalue weighted by atomic mass is 9.80. The number of rotatable bonds is 21. The van der Waals surface area contributed by atoms with E-state index in [0.717, 1.165) is 47.5 Å². The zero-order valence-electron chi connectivity index (χ0n) is 24.1. The average Bonchev–Trinajstić information content (AvgIpc) is 3.02. The molecule has 0 aromatic heterocycles. The first-order valence-corrected chi connectivity index (χ1v) is 14.0. The van der Waals surface area contributed by atoms with Gasteiger partial charge in [0.2, 0.25) is 0 Å². The van der Waals surface area contributed by atoms with Gasteiger partial charge in [-0.15, -0.1) is 0 Å². The molecule has 0 N–H and O–H groups in total. The van der Waals surface area contributed by atoms with E-state index < -0.39 is 5.60 Å². The maximum atomic E-state index is 6.76. The Morgan fingerprint density at radius 1 is 0.500 bits per heavy atom. The van der Waals surface area contributed by atoms with Crippen LogP contribution < -0.4 is 9.47 Å². The summed E-state index contributed by atoms with van der Waals surface area (Å²) >= 11 is 0. The summed E-state index contributed by atoms with van der Waals surface area (Å²) in [5.74, 6) is 1.57. The highest BCUT2D eigenvalue weighted by Gasteiger charge is 2.37. The normalized spacial score (nSPS) is 11.4. The van der Waals surface area contributed by atoms with Crippen LogP contribution in [0.1, 0.15) is 23.1 Å². The van der Waals surface area contributed by atoms with Crippen molar-refractivity contribution in [2.75, 3.05) is 73.7 Å². The van der Waals surface area contributed by atoms with E-state index >= 15 is 0 Å². The van der Waals surface area contributed by atoms with E-state index in [-0.39, 0.29) is 0 Å². The smallest absolute Gasteiger partial charge is 0.143 e. The molecular formula is C32H43BO7. The molecule has 0 atom stereocenters. The van der Waals surface area contributed by atoms with Gasteiger partial charge in [0.25, 0.3) is 0 Å². The molecular weight excluding hydrogens is 507 g/mol. The van der Waals surface area contributed by atoms with Crippen LogP contribution in [0.3, 0.4) is 0 Å². The highest BCUT2D eigenvalue weighted by Crippen LogP contribution is 2.41. The fraction of sp³-hybridized carbons (Fsp3) is 0.438. The van der Waals surface area contributed by atoms with Gasteiger partial charge in [0.05, 0.1) is 67.1 Å². The largest absolute Gasteiger partial charge is 0.497 e. The Hall–Kier alpha value is -2.88. The van der Waals surface area contributed by atoms with Gasteiger partial charge in [-0.2, -0.15) is 0 Å². The zero-order chi connectivity index (χ0) is 28.3. The molecule has 40 heavy (non-hydrogen) atoms. The van der Waals surface area contributed by atoms with Gasteiger partial charge < -0.3 is 33.2 Å². The molecule has 216 valence electrons. The molecule has 0 heterocycles. The minimum Gasteiger partial charge on any atom is -0.497 e. The number of hydrogen-bond donors (Lipinski definition) is 0. The summed E-state index contributed by atoms with van der Waals surface area (Å²) in [5.41, 5.74) is 2.15. The molecule has 0 unspecified atom stereocenters. The Morgan fingerprint density at radius 3 is 1.32 bits per heavy atom. The first kappa shape index (κ1) is 31.6. The molecule has 0 spiro atoms. The lowest BCUT2D eigenvalue weighted by molar-refractivity contribution is -0.0384. The molecule has 0 aliphatic heterocycles. The minimum absolute atomic E-state index is 0.383. The molecule has 0 fully saturated rings. The van der Waals surface area contributed by atoms with Gasteiger partial charge in [-0.25, -0.2) is 0 Å². The lowest BCUT2D eigenvalue weighted by Gasteiger charge is -2.36. The Kier molecular flexibility index (Phi) is 14.6. The molecule has 0 radical (unpaired) electrons. The van der Waals surface area contributed by atoms with Gasteiger partial charge in [0.1, 0.15) is 24.9 Å². The second-order valence-electron chi connectivity index (χ2n) is 9.16. The predicted molar refractivity (Wildman–Crippen MR) is 160 cm³/mol. The molecule has 7 nitrogen and oxygen atoms in total. The Labute approximate surface area is 240 Å². The Bertz CT molecular complexity index is 998. The molecule has 3 rings (SSSR count). The van der Waals surface area contributed by atoms with E-state index in [1.165, 1.54) is 0 Å². The topological polar surface area (TPSA) is 64.6 Å². The van der Waals surface area contributed by atoms with Crippen LogP contribution in [0.2, 0.25) is 6.32 Å².